The molecule has 1 rings (SSSR count). The van der Waals surface area contributed by atoms with Crippen molar-refractivity contribution in [2.75, 3.05) is 17.5 Å². The molecule has 0 saturated carbocycles. The molecule has 0 bridgehead atoms. The highest BCUT2D eigenvalue weighted by atomic mass is 32.2. The van der Waals surface area contributed by atoms with Crippen LogP contribution < -0.4 is 10.0 Å². The van der Waals surface area contributed by atoms with Gasteiger partial charge in [0, 0.05) is 12.1 Å². The molecule has 1 amide bonds. The fourth-order valence-corrected chi connectivity index (χ4v) is 2.20. The molecule has 0 radical (unpaired) electrons. The molecule has 3 N–H and O–H groups in total. The Morgan fingerprint density at radius 3 is 2.43 bits per heavy atom. The quantitative estimate of drug-likeness (QED) is 0.691. The number of benzene rings is 1. The third kappa shape index (κ3) is 5.85. The monoisotopic (exact) mass is 346 g/mol. The average molecular weight is 346 g/mol. The predicted octanol–water partition coefficient (Wildman–Crippen LogP) is 1.43. The Bertz CT molecular complexity index is 716. The summed E-state index contributed by atoms with van der Waals surface area (Å²) in [4.78, 5) is 22.9. The highest BCUT2D eigenvalue weighted by Crippen LogP contribution is 2.20. The first-order valence-corrected chi connectivity index (χ1v) is 8.60. The van der Waals surface area contributed by atoms with E-state index in [2.05, 4.69) is 5.32 Å². The Morgan fingerprint density at radius 1 is 1.30 bits per heavy atom. The zero-order valence-corrected chi connectivity index (χ0v) is 13.8. The Morgan fingerprint density at radius 2 is 1.91 bits per heavy atom. The van der Waals surface area contributed by atoms with Crippen molar-refractivity contribution >= 4 is 27.6 Å². The molecule has 7 nitrogen and oxygen atoms in total. The third-order valence-electron chi connectivity index (χ3n) is 3.14. The van der Waals surface area contributed by atoms with Crippen LogP contribution >= 0.6 is 0 Å². The van der Waals surface area contributed by atoms with Crippen LogP contribution in [0.15, 0.2) is 18.2 Å². The summed E-state index contributed by atoms with van der Waals surface area (Å²) in [5, 5.41) is 11.5. The van der Waals surface area contributed by atoms with Crippen molar-refractivity contribution in [1.82, 2.24) is 5.32 Å². The van der Waals surface area contributed by atoms with Crippen molar-refractivity contribution in [3.8, 4) is 0 Å². The number of halogens is 1. The zero-order chi connectivity index (χ0) is 17.8. The normalized spacial score (nSPS) is 11.8. The second-order valence-corrected chi connectivity index (χ2v) is 7.51. The third-order valence-corrected chi connectivity index (χ3v) is 3.73. The molecule has 128 valence electrons. The number of amides is 1. The summed E-state index contributed by atoms with van der Waals surface area (Å²) >= 11 is 0. The lowest BCUT2D eigenvalue weighted by molar-refractivity contribution is -0.147. The summed E-state index contributed by atoms with van der Waals surface area (Å²) < 4.78 is 37.8. The minimum Gasteiger partial charge on any atom is -0.481 e. The molecule has 0 saturated heterocycles. The SMILES string of the molecule is CC(C)(CCNC(=O)c1ccc(F)c(NS(C)(=O)=O)c1)C(=O)O. The maximum atomic E-state index is 13.5. The number of sulfonamides is 1. The lowest BCUT2D eigenvalue weighted by Crippen LogP contribution is -2.32. The van der Waals surface area contributed by atoms with Crippen LogP contribution in [0.25, 0.3) is 0 Å². The van der Waals surface area contributed by atoms with Gasteiger partial charge in [-0.3, -0.25) is 14.3 Å². The van der Waals surface area contributed by atoms with E-state index < -0.39 is 33.1 Å². The van der Waals surface area contributed by atoms with E-state index in [1.54, 1.807) is 0 Å². The molecule has 1 aromatic carbocycles. The van der Waals surface area contributed by atoms with Gasteiger partial charge in [0.25, 0.3) is 5.91 Å². The standard InChI is InChI=1S/C14H19FN2O5S/c1-14(2,13(19)20)6-7-16-12(18)9-4-5-10(15)11(8-9)17-23(3,21)22/h4-5,8,17H,6-7H2,1-3H3,(H,16,18)(H,19,20). The Labute approximate surface area is 133 Å². The summed E-state index contributed by atoms with van der Waals surface area (Å²) in [5.41, 5.74) is -1.25. The first-order valence-electron chi connectivity index (χ1n) is 6.71. The fourth-order valence-electron chi connectivity index (χ4n) is 1.64. The molecule has 0 aliphatic heterocycles. The zero-order valence-electron chi connectivity index (χ0n) is 13.0. The highest BCUT2D eigenvalue weighted by Gasteiger charge is 2.26. The smallest absolute Gasteiger partial charge is 0.309 e. The molecule has 0 atom stereocenters. The van der Waals surface area contributed by atoms with Crippen LogP contribution in [0.5, 0.6) is 0 Å². The summed E-state index contributed by atoms with van der Waals surface area (Å²) in [5.74, 6) is -2.34. The first-order chi connectivity index (χ1) is 10.4. The summed E-state index contributed by atoms with van der Waals surface area (Å²) in [6.45, 7) is 3.19. The van der Waals surface area contributed by atoms with Gasteiger partial charge in [-0.2, -0.15) is 0 Å². The van der Waals surface area contributed by atoms with E-state index >= 15 is 0 Å². The van der Waals surface area contributed by atoms with Gasteiger partial charge in [-0.05, 0) is 38.5 Å². The number of anilines is 1. The topological polar surface area (TPSA) is 113 Å². The molecule has 1 aromatic rings. The number of carbonyl (C=O) groups excluding carboxylic acids is 1. The van der Waals surface area contributed by atoms with Crippen LogP contribution in [0.2, 0.25) is 0 Å². The van der Waals surface area contributed by atoms with Crippen LogP contribution in [0, 0.1) is 11.2 Å². The van der Waals surface area contributed by atoms with E-state index in [-0.39, 0.29) is 24.2 Å². The van der Waals surface area contributed by atoms with Crippen LogP contribution in [0.4, 0.5) is 10.1 Å². The van der Waals surface area contributed by atoms with Crippen molar-refractivity contribution in [3.63, 3.8) is 0 Å². The molecular formula is C14H19FN2O5S. The highest BCUT2D eigenvalue weighted by molar-refractivity contribution is 7.92. The van der Waals surface area contributed by atoms with Gasteiger partial charge in [0.15, 0.2) is 0 Å². The van der Waals surface area contributed by atoms with E-state index in [4.69, 9.17) is 5.11 Å². The van der Waals surface area contributed by atoms with E-state index in [9.17, 15) is 22.4 Å². The largest absolute Gasteiger partial charge is 0.481 e. The van der Waals surface area contributed by atoms with Gasteiger partial charge in [0.05, 0.1) is 17.4 Å². The fraction of sp³-hybridized carbons (Fsp3) is 0.429. The van der Waals surface area contributed by atoms with E-state index in [0.717, 1.165) is 18.4 Å². The van der Waals surface area contributed by atoms with Crippen LogP contribution in [0.1, 0.15) is 30.6 Å². The van der Waals surface area contributed by atoms with Gasteiger partial charge < -0.3 is 10.4 Å². The second-order valence-electron chi connectivity index (χ2n) is 5.76. The van der Waals surface area contributed by atoms with Gasteiger partial charge in [0.1, 0.15) is 5.82 Å². The molecule has 0 aliphatic carbocycles. The summed E-state index contributed by atoms with van der Waals surface area (Å²) in [6.07, 6.45) is 1.08. The Kier molecular flexibility index (Phi) is 5.70. The Hall–Kier alpha value is -2.16. The first kappa shape index (κ1) is 18.9. The van der Waals surface area contributed by atoms with E-state index in [1.807, 2.05) is 4.72 Å². The number of carbonyl (C=O) groups is 2. The number of carboxylic acid groups (broad SMARTS) is 1. The lowest BCUT2D eigenvalue weighted by atomic mass is 9.90. The maximum Gasteiger partial charge on any atom is 0.309 e. The molecule has 0 unspecified atom stereocenters. The maximum absolute atomic E-state index is 13.5. The van der Waals surface area contributed by atoms with Crippen molar-refractivity contribution in [3.05, 3.63) is 29.6 Å². The molecular weight excluding hydrogens is 327 g/mol. The van der Waals surface area contributed by atoms with Crippen molar-refractivity contribution in [2.45, 2.75) is 20.3 Å². The minimum absolute atomic E-state index is 0.0608. The van der Waals surface area contributed by atoms with Crippen molar-refractivity contribution in [1.29, 1.82) is 0 Å². The average Bonchev–Trinajstić information content (AvgIpc) is 2.39. The molecule has 0 heterocycles. The lowest BCUT2D eigenvalue weighted by Gasteiger charge is -2.19. The van der Waals surface area contributed by atoms with Crippen molar-refractivity contribution in [2.24, 2.45) is 5.41 Å². The van der Waals surface area contributed by atoms with Crippen LogP contribution in [-0.4, -0.2) is 38.2 Å². The van der Waals surface area contributed by atoms with Gasteiger partial charge in [0.2, 0.25) is 10.0 Å². The molecule has 0 aliphatic rings. The van der Waals surface area contributed by atoms with Gasteiger partial charge in [-0.15, -0.1) is 0 Å². The molecule has 0 fully saturated rings. The van der Waals surface area contributed by atoms with Crippen LogP contribution in [0.3, 0.4) is 0 Å². The summed E-state index contributed by atoms with van der Waals surface area (Å²) in [7, 11) is -3.67. The molecule has 0 aromatic heterocycles. The number of aliphatic carboxylic acids is 1. The predicted molar refractivity (Wildman–Crippen MR) is 83.2 cm³/mol. The number of nitrogens with one attached hydrogen (secondary N) is 2. The van der Waals surface area contributed by atoms with Gasteiger partial charge in [-0.25, -0.2) is 12.8 Å². The molecule has 0 spiro atoms. The number of carboxylic acids is 1. The minimum atomic E-state index is -3.67. The van der Waals surface area contributed by atoms with E-state index in [0.29, 0.717) is 0 Å². The van der Waals surface area contributed by atoms with Crippen molar-refractivity contribution < 1.29 is 27.5 Å². The summed E-state index contributed by atoms with van der Waals surface area (Å²) in [6, 6.07) is 3.26. The second kappa shape index (κ2) is 6.95. The molecule has 9 heteroatoms. The number of hydrogen-bond donors (Lipinski definition) is 3. The van der Waals surface area contributed by atoms with E-state index in [1.165, 1.54) is 19.9 Å². The van der Waals surface area contributed by atoms with Gasteiger partial charge >= 0.3 is 5.97 Å². The molecule has 23 heavy (non-hydrogen) atoms. The number of rotatable bonds is 7. The Balaban J connectivity index is 2.78. The van der Waals surface area contributed by atoms with Gasteiger partial charge in [-0.1, -0.05) is 0 Å². The number of hydrogen-bond acceptors (Lipinski definition) is 4. The van der Waals surface area contributed by atoms with Crippen LogP contribution in [-0.2, 0) is 14.8 Å².